The summed E-state index contributed by atoms with van der Waals surface area (Å²) >= 11 is 6.01. The fourth-order valence-corrected chi connectivity index (χ4v) is 5.46. The molecule has 0 fully saturated rings. The van der Waals surface area contributed by atoms with Gasteiger partial charge in [-0.3, -0.25) is 0 Å². The van der Waals surface area contributed by atoms with Crippen LogP contribution in [0.5, 0.6) is 5.75 Å². The quantitative estimate of drug-likeness (QED) is 0.391. The Hall–Kier alpha value is -2.39. The topological polar surface area (TPSA) is 80.8 Å². The number of sulfone groups is 1. The Kier molecular flexibility index (Phi) is 7.95. The van der Waals surface area contributed by atoms with Crippen molar-refractivity contribution in [3.05, 3.63) is 89.4 Å². The lowest BCUT2D eigenvalue weighted by atomic mass is 10.2. The van der Waals surface area contributed by atoms with Gasteiger partial charge in [-0.05, 0) is 54.4 Å². The molecular formula is C23H24ClNO5S2. The predicted molar refractivity (Wildman–Crippen MR) is 125 cm³/mol. The molecule has 6 nitrogen and oxygen atoms in total. The third-order valence-corrected chi connectivity index (χ3v) is 7.91. The van der Waals surface area contributed by atoms with Gasteiger partial charge in [0.25, 0.3) is 0 Å². The minimum Gasteiger partial charge on any atom is -0.494 e. The smallest absolute Gasteiger partial charge is 0.243 e. The Bertz CT molecular complexity index is 1250. The molecule has 3 aromatic carbocycles. The summed E-state index contributed by atoms with van der Waals surface area (Å²) in [6, 6.07) is 21.7. The zero-order chi connectivity index (χ0) is 23.2. The summed E-state index contributed by atoms with van der Waals surface area (Å²) in [5.74, 6) is 0.518. The molecule has 9 heteroatoms. The Morgan fingerprint density at radius 3 is 2.16 bits per heavy atom. The molecule has 0 aliphatic carbocycles. The largest absolute Gasteiger partial charge is 0.494 e. The summed E-state index contributed by atoms with van der Waals surface area (Å²) in [5, 5.41) is 0.353. The van der Waals surface area contributed by atoms with Crippen molar-refractivity contribution in [1.82, 2.24) is 4.31 Å². The molecule has 3 aromatic rings. The Balaban J connectivity index is 1.69. The first-order valence-electron chi connectivity index (χ1n) is 9.89. The molecule has 32 heavy (non-hydrogen) atoms. The van der Waals surface area contributed by atoms with Crippen molar-refractivity contribution >= 4 is 31.5 Å². The maximum atomic E-state index is 13.3. The third-order valence-electron chi connectivity index (χ3n) is 4.71. The van der Waals surface area contributed by atoms with Gasteiger partial charge < -0.3 is 4.74 Å². The molecule has 0 aliphatic rings. The van der Waals surface area contributed by atoms with Crippen LogP contribution < -0.4 is 4.74 Å². The first kappa shape index (κ1) is 24.3. The number of hydrogen-bond acceptors (Lipinski definition) is 5. The highest BCUT2D eigenvalue weighted by molar-refractivity contribution is 7.90. The minimum atomic E-state index is -3.76. The van der Waals surface area contributed by atoms with Crippen molar-refractivity contribution in [2.45, 2.75) is 22.8 Å². The monoisotopic (exact) mass is 493 g/mol. The van der Waals surface area contributed by atoms with Crippen molar-refractivity contribution in [2.75, 3.05) is 19.4 Å². The summed E-state index contributed by atoms with van der Waals surface area (Å²) in [4.78, 5) is 0.352. The van der Waals surface area contributed by atoms with Crippen molar-refractivity contribution in [1.29, 1.82) is 0 Å². The Morgan fingerprint density at radius 1 is 0.844 bits per heavy atom. The number of sulfonamides is 1. The van der Waals surface area contributed by atoms with Crippen LogP contribution >= 0.6 is 11.6 Å². The molecule has 0 saturated carbocycles. The first-order valence-corrected chi connectivity index (χ1v) is 13.6. The number of rotatable bonds is 10. The predicted octanol–water partition coefficient (Wildman–Crippen LogP) is 4.40. The van der Waals surface area contributed by atoms with Gasteiger partial charge in [-0.15, -0.1) is 0 Å². The van der Waals surface area contributed by atoms with E-state index in [2.05, 4.69) is 0 Å². The molecule has 0 N–H and O–H groups in total. The van der Waals surface area contributed by atoms with Gasteiger partial charge in [-0.25, -0.2) is 16.8 Å². The maximum Gasteiger partial charge on any atom is 0.243 e. The van der Waals surface area contributed by atoms with E-state index in [-0.39, 0.29) is 29.5 Å². The van der Waals surface area contributed by atoms with E-state index in [1.54, 1.807) is 24.3 Å². The van der Waals surface area contributed by atoms with Crippen molar-refractivity contribution in [2.24, 2.45) is 0 Å². The number of ether oxygens (including phenoxy) is 1. The van der Waals surface area contributed by atoms with Gasteiger partial charge in [0.15, 0.2) is 9.84 Å². The molecule has 0 aliphatic heterocycles. The van der Waals surface area contributed by atoms with Gasteiger partial charge in [0.1, 0.15) is 5.75 Å². The zero-order valence-corrected chi connectivity index (χ0v) is 19.9. The molecule has 0 atom stereocenters. The van der Waals surface area contributed by atoms with E-state index < -0.39 is 19.9 Å². The van der Waals surface area contributed by atoms with E-state index in [0.29, 0.717) is 17.2 Å². The maximum absolute atomic E-state index is 13.3. The van der Waals surface area contributed by atoms with Crippen LogP contribution in [0.1, 0.15) is 12.0 Å². The number of hydrogen-bond donors (Lipinski definition) is 0. The molecule has 0 radical (unpaired) electrons. The molecule has 0 heterocycles. The normalized spacial score (nSPS) is 12.1. The highest BCUT2D eigenvalue weighted by Gasteiger charge is 2.24. The van der Waals surface area contributed by atoms with Crippen LogP contribution in [-0.4, -0.2) is 40.5 Å². The van der Waals surface area contributed by atoms with E-state index >= 15 is 0 Å². The molecule has 0 bridgehead atoms. The van der Waals surface area contributed by atoms with E-state index in [0.717, 1.165) is 11.8 Å². The van der Waals surface area contributed by atoms with Gasteiger partial charge >= 0.3 is 0 Å². The van der Waals surface area contributed by atoms with Gasteiger partial charge in [-0.1, -0.05) is 48.0 Å². The number of halogens is 1. The fourth-order valence-electron chi connectivity index (χ4n) is 3.06. The van der Waals surface area contributed by atoms with Gasteiger partial charge in [0, 0.05) is 24.4 Å². The van der Waals surface area contributed by atoms with Crippen molar-refractivity contribution in [3.63, 3.8) is 0 Å². The molecule has 3 rings (SSSR count). The molecule has 0 amide bonds. The highest BCUT2D eigenvalue weighted by atomic mass is 35.5. The highest BCUT2D eigenvalue weighted by Crippen LogP contribution is 2.22. The molecule has 0 unspecified atom stereocenters. The average Bonchev–Trinajstić information content (AvgIpc) is 2.76. The van der Waals surface area contributed by atoms with E-state index in [4.69, 9.17) is 16.3 Å². The van der Waals surface area contributed by atoms with Crippen LogP contribution in [-0.2, 0) is 26.4 Å². The van der Waals surface area contributed by atoms with Gasteiger partial charge in [0.2, 0.25) is 10.0 Å². The molecule has 0 spiro atoms. The van der Waals surface area contributed by atoms with Crippen molar-refractivity contribution in [3.8, 4) is 5.75 Å². The second kappa shape index (κ2) is 10.5. The van der Waals surface area contributed by atoms with Gasteiger partial charge in [0.05, 0.1) is 16.4 Å². The zero-order valence-electron chi connectivity index (χ0n) is 17.5. The van der Waals surface area contributed by atoms with Crippen molar-refractivity contribution < 1.29 is 21.6 Å². The molecule has 170 valence electrons. The van der Waals surface area contributed by atoms with Crippen LogP contribution in [0.2, 0.25) is 5.02 Å². The Morgan fingerprint density at radius 2 is 1.53 bits per heavy atom. The van der Waals surface area contributed by atoms with Crippen LogP contribution in [0, 0.1) is 0 Å². The summed E-state index contributed by atoms with van der Waals surface area (Å²) in [5.41, 5.74) is 0.871. The van der Waals surface area contributed by atoms with Crippen LogP contribution in [0.4, 0.5) is 0 Å². The van der Waals surface area contributed by atoms with E-state index in [1.807, 2.05) is 30.3 Å². The van der Waals surface area contributed by atoms with E-state index in [9.17, 15) is 16.8 Å². The van der Waals surface area contributed by atoms with Crippen LogP contribution in [0.15, 0.2) is 88.7 Å². The summed E-state index contributed by atoms with van der Waals surface area (Å²) in [6.07, 6.45) is 1.59. The van der Waals surface area contributed by atoms with Crippen LogP contribution in [0.3, 0.4) is 0 Å². The standard InChI is InChI=1S/C23H24ClNO5S2/c1-31(26,27)22-13-11-21(12-14-22)30-16-6-15-25(18-19-7-3-2-4-8-19)32(28,29)23-10-5-9-20(24)17-23/h2-5,7-14,17H,6,15-16,18H2,1H3. The molecular weight excluding hydrogens is 470 g/mol. The lowest BCUT2D eigenvalue weighted by Gasteiger charge is -2.22. The third kappa shape index (κ3) is 6.56. The number of nitrogens with zero attached hydrogens (tertiary/aromatic N) is 1. The SMILES string of the molecule is CS(=O)(=O)c1ccc(OCCCN(Cc2ccccc2)S(=O)(=O)c2cccc(Cl)c2)cc1. The Labute approximate surface area is 194 Å². The van der Waals surface area contributed by atoms with E-state index in [1.165, 1.54) is 28.6 Å². The van der Waals surface area contributed by atoms with Gasteiger partial charge in [-0.2, -0.15) is 4.31 Å². The average molecular weight is 494 g/mol. The summed E-state index contributed by atoms with van der Waals surface area (Å²) in [6.45, 7) is 0.735. The lowest BCUT2D eigenvalue weighted by Crippen LogP contribution is -2.32. The fraction of sp³-hybridized carbons (Fsp3) is 0.217. The second-order valence-corrected chi connectivity index (χ2v) is 11.6. The summed E-state index contributed by atoms with van der Waals surface area (Å²) < 4.78 is 56.7. The second-order valence-electron chi connectivity index (χ2n) is 7.23. The molecule has 0 saturated heterocycles. The van der Waals surface area contributed by atoms with Crippen LogP contribution in [0.25, 0.3) is 0 Å². The minimum absolute atomic E-state index is 0.137. The summed E-state index contributed by atoms with van der Waals surface area (Å²) in [7, 11) is -7.03. The number of benzene rings is 3. The molecule has 0 aromatic heterocycles. The lowest BCUT2D eigenvalue weighted by molar-refractivity contribution is 0.286. The first-order chi connectivity index (χ1) is 15.2.